The van der Waals surface area contributed by atoms with E-state index in [0.29, 0.717) is 36.7 Å². The van der Waals surface area contributed by atoms with Gasteiger partial charge in [-0.2, -0.15) is 0 Å². The van der Waals surface area contributed by atoms with E-state index in [1.165, 1.54) is 6.07 Å². The van der Waals surface area contributed by atoms with Gasteiger partial charge in [0.05, 0.1) is 17.4 Å². The zero-order valence-corrected chi connectivity index (χ0v) is 19.7. The third-order valence-corrected chi connectivity index (χ3v) is 5.66. The highest BCUT2D eigenvalue weighted by Gasteiger charge is 2.25. The SMILES string of the molecule is CO[C@H]1CN(C)C(=O)c2ccc(NC(=O)Nc3cc(F)ccc3F)cc2OC[C@@H](C)NC[C@H]1C. The summed E-state index contributed by atoms with van der Waals surface area (Å²) >= 11 is 0. The van der Waals surface area contributed by atoms with Crippen LogP contribution in [0.4, 0.5) is 25.0 Å². The molecule has 3 rings (SSSR count). The van der Waals surface area contributed by atoms with Crippen LogP contribution in [0.5, 0.6) is 5.75 Å². The first-order chi connectivity index (χ1) is 16.2. The number of rotatable bonds is 3. The van der Waals surface area contributed by atoms with E-state index in [4.69, 9.17) is 9.47 Å². The Hall–Kier alpha value is -3.24. The number of anilines is 2. The Labute approximate surface area is 197 Å². The molecular weight excluding hydrogens is 446 g/mol. The van der Waals surface area contributed by atoms with Crippen molar-refractivity contribution in [3.05, 3.63) is 53.6 Å². The monoisotopic (exact) mass is 476 g/mol. The van der Waals surface area contributed by atoms with Crippen LogP contribution in [0.25, 0.3) is 0 Å². The minimum atomic E-state index is -0.770. The number of methoxy groups -OCH3 is 1. The highest BCUT2D eigenvalue weighted by Crippen LogP contribution is 2.26. The third-order valence-electron chi connectivity index (χ3n) is 5.66. The molecule has 0 spiro atoms. The molecule has 0 saturated heterocycles. The predicted octanol–water partition coefficient (Wildman–Crippen LogP) is 3.70. The lowest BCUT2D eigenvalue weighted by molar-refractivity contribution is 0.0281. The fourth-order valence-corrected chi connectivity index (χ4v) is 3.61. The van der Waals surface area contributed by atoms with E-state index in [9.17, 15) is 18.4 Å². The van der Waals surface area contributed by atoms with Crippen molar-refractivity contribution < 1.29 is 27.8 Å². The molecule has 0 saturated carbocycles. The van der Waals surface area contributed by atoms with Gasteiger partial charge in [-0.1, -0.05) is 6.92 Å². The molecule has 3 amide bonds. The van der Waals surface area contributed by atoms with Crippen molar-refractivity contribution in [2.75, 3.05) is 44.5 Å². The van der Waals surface area contributed by atoms with E-state index in [2.05, 4.69) is 22.9 Å². The van der Waals surface area contributed by atoms with Gasteiger partial charge in [0, 0.05) is 51.1 Å². The lowest BCUT2D eigenvalue weighted by atomic mass is 10.0. The van der Waals surface area contributed by atoms with Gasteiger partial charge in [0.15, 0.2) is 0 Å². The minimum Gasteiger partial charge on any atom is -0.491 e. The molecule has 0 fully saturated rings. The van der Waals surface area contributed by atoms with Crippen molar-refractivity contribution in [1.82, 2.24) is 10.2 Å². The largest absolute Gasteiger partial charge is 0.491 e. The molecule has 0 radical (unpaired) electrons. The number of carbonyl (C=O) groups is 2. The normalized spacial score (nSPS) is 21.5. The van der Waals surface area contributed by atoms with Crippen LogP contribution in [-0.4, -0.2) is 62.8 Å². The lowest BCUT2D eigenvalue weighted by Gasteiger charge is -2.30. The molecule has 0 aliphatic carbocycles. The van der Waals surface area contributed by atoms with Gasteiger partial charge in [-0.3, -0.25) is 4.79 Å². The average molecular weight is 477 g/mol. The zero-order chi connectivity index (χ0) is 24.8. The molecule has 34 heavy (non-hydrogen) atoms. The van der Waals surface area contributed by atoms with Crippen LogP contribution in [0.15, 0.2) is 36.4 Å². The minimum absolute atomic E-state index is 0.00377. The van der Waals surface area contributed by atoms with E-state index < -0.39 is 17.7 Å². The van der Waals surface area contributed by atoms with Crippen LogP contribution in [0.3, 0.4) is 0 Å². The van der Waals surface area contributed by atoms with Crippen molar-refractivity contribution in [3.63, 3.8) is 0 Å². The summed E-state index contributed by atoms with van der Waals surface area (Å²) in [6.07, 6.45) is -0.148. The van der Waals surface area contributed by atoms with Crippen LogP contribution in [0.1, 0.15) is 24.2 Å². The number of ether oxygens (including phenoxy) is 2. The summed E-state index contributed by atoms with van der Waals surface area (Å²) in [7, 11) is 3.32. The van der Waals surface area contributed by atoms with Gasteiger partial charge in [0.2, 0.25) is 0 Å². The molecule has 1 aliphatic rings. The zero-order valence-electron chi connectivity index (χ0n) is 19.7. The second kappa shape index (κ2) is 11.3. The molecular formula is C24H30F2N4O4. The summed E-state index contributed by atoms with van der Waals surface area (Å²) in [5.74, 6) is -1.22. The van der Waals surface area contributed by atoms with Gasteiger partial charge >= 0.3 is 6.03 Å². The maximum absolute atomic E-state index is 13.8. The first kappa shape index (κ1) is 25.4. The topological polar surface area (TPSA) is 91.9 Å². The Bertz CT molecular complexity index is 1040. The molecule has 1 aliphatic heterocycles. The lowest BCUT2D eigenvalue weighted by Crippen LogP contribution is -2.44. The molecule has 0 aromatic heterocycles. The summed E-state index contributed by atoms with van der Waals surface area (Å²) in [6.45, 7) is 5.41. The van der Waals surface area contributed by atoms with Crippen molar-refractivity contribution in [2.24, 2.45) is 5.92 Å². The molecule has 184 valence electrons. The molecule has 3 atom stereocenters. The summed E-state index contributed by atoms with van der Waals surface area (Å²) in [5, 5.41) is 8.22. The predicted molar refractivity (Wildman–Crippen MR) is 125 cm³/mol. The van der Waals surface area contributed by atoms with Crippen molar-refractivity contribution >= 4 is 23.3 Å². The molecule has 8 nitrogen and oxygen atoms in total. The second-order valence-electron chi connectivity index (χ2n) is 8.47. The fourth-order valence-electron chi connectivity index (χ4n) is 3.61. The quantitative estimate of drug-likeness (QED) is 0.628. The number of amides is 3. The highest BCUT2D eigenvalue weighted by atomic mass is 19.1. The Morgan fingerprint density at radius 1 is 1.18 bits per heavy atom. The van der Waals surface area contributed by atoms with E-state index in [0.717, 1.165) is 18.2 Å². The number of halogens is 2. The highest BCUT2D eigenvalue weighted by molar-refractivity contribution is 6.01. The van der Waals surface area contributed by atoms with Crippen molar-refractivity contribution in [1.29, 1.82) is 0 Å². The number of nitrogens with zero attached hydrogens (tertiary/aromatic N) is 1. The van der Waals surface area contributed by atoms with Gasteiger partial charge < -0.3 is 30.3 Å². The first-order valence-electron chi connectivity index (χ1n) is 11.0. The third kappa shape index (κ3) is 6.42. The van der Waals surface area contributed by atoms with Gasteiger partial charge in [-0.05, 0) is 37.1 Å². The number of hydrogen-bond acceptors (Lipinski definition) is 5. The number of carbonyl (C=O) groups excluding carboxylic acids is 2. The average Bonchev–Trinajstić information content (AvgIpc) is 2.80. The first-order valence-corrected chi connectivity index (χ1v) is 11.0. The summed E-state index contributed by atoms with van der Waals surface area (Å²) < 4.78 is 38.7. The molecule has 3 N–H and O–H groups in total. The molecule has 2 aromatic carbocycles. The Morgan fingerprint density at radius 3 is 2.68 bits per heavy atom. The van der Waals surface area contributed by atoms with Crippen LogP contribution in [0.2, 0.25) is 0 Å². The standard InChI is InChI=1S/C24H30F2N4O4/c1-14-11-27-15(2)13-34-21-10-17(6-7-18(21)23(31)30(3)12-22(14)33-4)28-24(32)29-20-9-16(25)5-8-19(20)26/h5-10,14-15,22,27H,11-13H2,1-4H3,(H2,28,29,32)/t14-,15-,22+/m1/s1. The number of benzene rings is 2. The summed E-state index contributed by atoms with van der Waals surface area (Å²) in [4.78, 5) is 27.1. The van der Waals surface area contributed by atoms with Gasteiger partial charge in [-0.15, -0.1) is 0 Å². The maximum atomic E-state index is 13.8. The number of urea groups is 1. The van der Waals surface area contributed by atoms with Crippen LogP contribution < -0.4 is 20.7 Å². The van der Waals surface area contributed by atoms with Gasteiger partial charge in [-0.25, -0.2) is 13.6 Å². The van der Waals surface area contributed by atoms with Crippen LogP contribution in [-0.2, 0) is 4.74 Å². The number of fused-ring (bicyclic) bond motifs is 1. The van der Waals surface area contributed by atoms with Crippen LogP contribution >= 0.6 is 0 Å². The molecule has 0 unspecified atom stereocenters. The van der Waals surface area contributed by atoms with Crippen molar-refractivity contribution in [2.45, 2.75) is 26.0 Å². The number of likely N-dealkylation sites (N-methyl/N-ethyl adjacent to an activating group) is 1. The Kier molecular flexibility index (Phi) is 8.41. The van der Waals surface area contributed by atoms with E-state index in [-0.39, 0.29) is 29.7 Å². The Morgan fingerprint density at radius 2 is 1.94 bits per heavy atom. The summed E-state index contributed by atoms with van der Waals surface area (Å²) in [6, 6.07) is 6.61. The number of nitrogens with one attached hydrogen (secondary N) is 3. The summed E-state index contributed by atoms with van der Waals surface area (Å²) in [5.41, 5.74) is 0.359. The fraction of sp³-hybridized carbons (Fsp3) is 0.417. The van der Waals surface area contributed by atoms with E-state index >= 15 is 0 Å². The smallest absolute Gasteiger partial charge is 0.323 e. The Balaban J connectivity index is 1.82. The second-order valence-corrected chi connectivity index (χ2v) is 8.47. The van der Waals surface area contributed by atoms with Crippen molar-refractivity contribution in [3.8, 4) is 5.75 Å². The van der Waals surface area contributed by atoms with Gasteiger partial charge in [0.25, 0.3) is 5.91 Å². The molecule has 1 heterocycles. The molecule has 2 aromatic rings. The van der Waals surface area contributed by atoms with Crippen LogP contribution in [0, 0.1) is 17.6 Å². The van der Waals surface area contributed by atoms with E-state index in [1.807, 2.05) is 6.92 Å². The molecule has 10 heteroatoms. The maximum Gasteiger partial charge on any atom is 0.323 e. The molecule has 0 bridgehead atoms. The van der Waals surface area contributed by atoms with Gasteiger partial charge in [0.1, 0.15) is 24.0 Å². The number of hydrogen-bond donors (Lipinski definition) is 3. The van der Waals surface area contributed by atoms with E-state index in [1.54, 1.807) is 31.2 Å².